The number of nitrogens with two attached hydrogens (primary N) is 1. The Labute approximate surface area is 166 Å². The van der Waals surface area contributed by atoms with Crippen LogP contribution in [-0.4, -0.2) is 18.4 Å². The fourth-order valence-electron chi connectivity index (χ4n) is 2.69. The van der Waals surface area contributed by atoms with E-state index in [9.17, 15) is 0 Å². The van der Waals surface area contributed by atoms with Crippen LogP contribution < -0.4 is 20.6 Å². The summed E-state index contributed by atoms with van der Waals surface area (Å²) in [7, 11) is 1.65. The zero-order valence-electron chi connectivity index (χ0n) is 16.5. The molecule has 0 fully saturated rings. The number of hydrogen-bond acceptors (Lipinski definition) is 4. The third-order valence-electron chi connectivity index (χ3n) is 4.02. The number of aryl methyl sites for hydroxylation is 1. The molecule has 0 aromatic heterocycles. The molecule has 2 aromatic rings. The molecule has 0 aliphatic heterocycles. The second-order valence-electron chi connectivity index (χ2n) is 7.34. The first-order chi connectivity index (χ1) is 12.7. The molecule has 2 rings (SSSR count). The zero-order chi connectivity index (χ0) is 20.0. The van der Waals surface area contributed by atoms with Crippen LogP contribution in [0.3, 0.4) is 0 Å². The Morgan fingerprint density at radius 1 is 1.19 bits per heavy atom. The normalized spacial score (nSPS) is 11.4. The number of hydrazone groups is 1. The van der Waals surface area contributed by atoms with Crippen molar-refractivity contribution >= 4 is 23.5 Å². The standard InChI is InChI=1S/C21H27N3O2S/c1-14-6-8-17(21(2,3)4)19(10-14)26-13-16-11-15(7-9-18(16)25-5)12-23-24-20(22)27/h6-12H,13H2,1-5H3,(H3,22,24,27). The lowest BCUT2D eigenvalue weighted by Crippen LogP contribution is -2.24. The summed E-state index contributed by atoms with van der Waals surface area (Å²) in [5.74, 6) is 1.65. The average Bonchev–Trinajstić information content (AvgIpc) is 2.58. The molecule has 27 heavy (non-hydrogen) atoms. The van der Waals surface area contributed by atoms with Crippen LogP contribution in [0.25, 0.3) is 0 Å². The molecule has 0 saturated heterocycles. The van der Waals surface area contributed by atoms with E-state index in [4.69, 9.17) is 27.4 Å². The molecule has 0 unspecified atom stereocenters. The van der Waals surface area contributed by atoms with E-state index in [-0.39, 0.29) is 10.5 Å². The van der Waals surface area contributed by atoms with E-state index in [0.717, 1.165) is 28.2 Å². The van der Waals surface area contributed by atoms with Crippen molar-refractivity contribution in [3.63, 3.8) is 0 Å². The predicted octanol–water partition coefficient (Wildman–Crippen LogP) is 4.05. The first kappa shape index (κ1) is 20.7. The third-order valence-corrected chi connectivity index (χ3v) is 4.11. The third kappa shape index (κ3) is 5.96. The van der Waals surface area contributed by atoms with Gasteiger partial charge < -0.3 is 15.2 Å². The zero-order valence-corrected chi connectivity index (χ0v) is 17.3. The van der Waals surface area contributed by atoms with Gasteiger partial charge in [0.1, 0.15) is 18.1 Å². The average molecular weight is 386 g/mol. The van der Waals surface area contributed by atoms with E-state index in [2.05, 4.69) is 56.4 Å². The molecule has 6 heteroatoms. The van der Waals surface area contributed by atoms with E-state index in [0.29, 0.717) is 6.61 Å². The molecule has 5 nitrogen and oxygen atoms in total. The van der Waals surface area contributed by atoms with Crippen LogP contribution in [-0.2, 0) is 12.0 Å². The quantitative estimate of drug-likeness (QED) is 0.446. The van der Waals surface area contributed by atoms with Gasteiger partial charge in [-0.1, -0.05) is 32.9 Å². The van der Waals surface area contributed by atoms with E-state index in [1.54, 1.807) is 13.3 Å². The lowest BCUT2D eigenvalue weighted by molar-refractivity contribution is 0.289. The van der Waals surface area contributed by atoms with Crippen LogP contribution in [0.5, 0.6) is 11.5 Å². The van der Waals surface area contributed by atoms with Gasteiger partial charge in [0.05, 0.1) is 13.3 Å². The van der Waals surface area contributed by atoms with Crippen molar-refractivity contribution in [2.75, 3.05) is 7.11 Å². The first-order valence-corrected chi connectivity index (χ1v) is 9.11. The highest BCUT2D eigenvalue weighted by molar-refractivity contribution is 7.80. The van der Waals surface area contributed by atoms with Gasteiger partial charge in [0, 0.05) is 5.56 Å². The van der Waals surface area contributed by atoms with Crippen LogP contribution in [0.4, 0.5) is 0 Å². The maximum Gasteiger partial charge on any atom is 0.184 e. The van der Waals surface area contributed by atoms with Crippen LogP contribution in [0.1, 0.15) is 43.0 Å². The fraction of sp³-hybridized carbons (Fsp3) is 0.333. The van der Waals surface area contributed by atoms with Gasteiger partial charge in [-0.2, -0.15) is 5.10 Å². The first-order valence-electron chi connectivity index (χ1n) is 8.70. The Morgan fingerprint density at radius 3 is 2.56 bits per heavy atom. The second kappa shape index (κ2) is 8.86. The maximum atomic E-state index is 6.19. The van der Waals surface area contributed by atoms with Crippen molar-refractivity contribution in [1.82, 2.24) is 5.43 Å². The van der Waals surface area contributed by atoms with E-state index in [1.165, 1.54) is 5.56 Å². The molecule has 0 bridgehead atoms. The molecule has 0 radical (unpaired) electrons. The molecule has 0 spiro atoms. The second-order valence-corrected chi connectivity index (χ2v) is 7.78. The van der Waals surface area contributed by atoms with Crippen LogP contribution in [0, 0.1) is 6.92 Å². The highest BCUT2D eigenvalue weighted by atomic mass is 32.1. The molecule has 0 amide bonds. The highest BCUT2D eigenvalue weighted by Gasteiger charge is 2.19. The van der Waals surface area contributed by atoms with E-state index in [1.807, 2.05) is 18.2 Å². The Bertz CT molecular complexity index is 842. The molecule has 2 aromatic carbocycles. The van der Waals surface area contributed by atoms with Gasteiger partial charge in [-0.15, -0.1) is 0 Å². The monoisotopic (exact) mass is 385 g/mol. The fourth-order valence-corrected chi connectivity index (χ4v) is 2.74. The molecule has 0 aliphatic carbocycles. The van der Waals surface area contributed by atoms with Gasteiger partial charge in [-0.3, -0.25) is 5.43 Å². The minimum atomic E-state index is -0.00601. The Balaban J connectivity index is 2.26. The topological polar surface area (TPSA) is 68.9 Å². The minimum Gasteiger partial charge on any atom is -0.496 e. The van der Waals surface area contributed by atoms with E-state index >= 15 is 0 Å². The summed E-state index contributed by atoms with van der Waals surface area (Å²) < 4.78 is 11.7. The summed E-state index contributed by atoms with van der Waals surface area (Å²) in [5, 5.41) is 4.11. The lowest BCUT2D eigenvalue weighted by atomic mass is 9.86. The van der Waals surface area contributed by atoms with Gasteiger partial charge in [-0.25, -0.2) is 0 Å². The van der Waals surface area contributed by atoms with Gasteiger partial charge in [0.25, 0.3) is 0 Å². The van der Waals surface area contributed by atoms with Gasteiger partial charge >= 0.3 is 0 Å². The summed E-state index contributed by atoms with van der Waals surface area (Å²) in [4.78, 5) is 0. The van der Waals surface area contributed by atoms with Gasteiger partial charge in [0.2, 0.25) is 0 Å². The molecule has 0 saturated carbocycles. The summed E-state index contributed by atoms with van der Waals surface area (Å²) in [6, 6.07) is 12.1. The maximum absolute atomic E-state index is 6.19. The van der Waals surface area contributed by atoms with Crippen molar-refractivity contribution in [3.8, 4) is 11.5 Å². The lowest BCUT2D eigenvalue weighted by Gasteiger charge is -2.23. The molecule has 3 N–H and O–H groups in total. The van der Waals surface area contributed by atoms with Crippen LogP contribution in [0.2, 0.25) is 0 Å². The number of nitrogens with one attached hydrogen (secondary N) is 1. The van der Waals surface area contributed by atoms with Crippen LogP contribution in [0.15, 0.2) is 41.5 Å². The smallest absolute Gasteiger partial charge is 0.184 e. The Kier molecular flexibility index (Phi) is 6.80. The van der Waals surface area contributed by atoms with Crippen molar-refractivity contribution in [1.29, 1.82) is 0 Å². The van der Waals surface area contributed by atoms with Crippen molar-refractivity contribution < 1.29 is 9.47 Å². The van der Waals surface area contributed by atoms with Crippen molar-refractivity contribution in [2.45, 2.75) is 39.7 Å². The number of rotatable bonds is 6. The molecule has 0 heterocycles. The summed E-state index contributed by atoms with van der Waals surface area (Å²) in [5.41, 5.74) is 12.1. The number of benzene rings is 2. The Morgan fingerprint density at radius 2 is 1.93 bits per heavy atom. The summed E-state index contributed by atoms with van der Waals surface area (Å²) in [6.45, 7) is 8.98. The molecular formula is C21H27N3O2S. The molecule has 0 atom stereocenters. The molecule has 0 aliphatic rings. The summed E-state index contributed by atoms with van der Waals surface area (Å²) >= 11 is 4.74. The predicted molar refractivity (Wildman–Crippen MR) is 115 cm³/mol. The van der Waals surface area contributed by atoms with Gasteiger partial charge in [0.15, 0.2) is 5.11 Å². The number of thiocarbonyl (C=S) groups is 1. The highest BCUT2D eigenvalue weighted by Crippen LogP contribution is 2.33. The van der Waals surface area contributed by atoms with Crippen molar-refractivity contribution in [2.24, 2.45) is 10.8 Å². The minimum absolute atomic E-state index is 0.00601. The van der Waals surface area contributed by atoms with E-state index < -0.39 is 0 Å². The molecular weight excluding hydrogens is 358 g/mol. The number of ether oxygens (including phenoxy) is 2. The van der Waals surface area contributed by atoms with Gasteiger partial charge in [-0.05, 0) is 65.5 Å². The van der Waals surface area contributed by atoms with Crippen molar-refractivity contribution in [3.05, 3.63) is 58.7 Å². The number of methoxy groups -OCH3 is 1. The van der Waals surface area contributed by atoms with Crippen LogP contribution >= 0.6 is 12.2 Å². The number of hydrogen-bond donors (Lipinski definition) is 2. The Hall–Kier alpha value is -2.60. The molecule has 144 valence electrons. The SMILES string of the molecule is COc1ccc(C=NNC(N)=S)cc1COc1cc(C)ccc1C(C)(C)C. The largest absolute Gasteiger partial charge is 0.496 e. The summed E-state index contributed by atoms with van der Waals surface area (Å²) in [6.07, 6.45) is 1.65. The number of nitrogens with zero attached hydrogens (tertiary/aromatic N) is 1.